The molecule has 0 aromatic carbocycles. The molecule has 4 nitrogen and oxygen atoms in total. The van der Waals surface area contributed by atoms with E-state index in [0.717, 1.165) is 28.5 Å². The van der Waals surface area contributed by atoms with Crippen molar-refractivity contribution in [1.82, 2.24) is 9.97 Å². The van der Waals surface area contributed by atoms with Crippen LogP contribution in [0, 0.1) is 0 Å². The lowest BCUT2D eigenvalue weighted by Gasteiger charge is -2.37. The van der Waals surface area contributed by atoms with E-state index in [4.69, 9.17) is 9.97 Å². The lowest BCUT2D eigenvalue weighted by atomic mass is 9.96. The van der Waals surface area contributed by atoms with E-state index in [1.54, 1.807) is 11.3 Å². The van der Waals surface area contributed by atoms with Crippen LogP contribution in [0.2, 0.25) is 0 Å². The van der Waals surface area contributed by atoms with Gasteiger partial charge in [0, 0.05) is 28.9 Å². The first-order valence-corrected chi connectivity index (χ1v) is 9.83. The summed E-state index contributed by atoms with van der Waals surface area (Å²) in [6, 6.07) is 2.08. The van der Waals surface area contributed by atoms with Crippen LogP contribution >= 0.6 is 22.7 Å². The number of nitrogens with zero attached hydrogens (tertiary/aromatic N) is 3. The Morgan fingerprint density at radius 2 is 2.04 bits per heavy atom. The minimum absolute atomic E-state index is 0.223. The molecule has 3 aromatic heterocycles. The van der Waals surface area contributed by atoms with Gasteiger partial charge in [0.1, 0.15) is 10.6 Å². The fourth-order valence-corrected chi connectivity index (χ4v) is 5.41. The molecular weight excluding hydrogens is 326 g/mol. The van der Waals surface area contributed by atoms with Gasteiger partial charge in [0.15, 0.2) is 5.82 Å². The van der Waals surface area contributed by atoms with Crippen LogP contribution in [0.15, 0.2) is 16.8 Å². The van der Waals surface area contributed by atoms with Crippen molar-refractivity contribution in [2.75, 3.05) is 18.0 Å². The molecule has 0 amide bonds. The topological polar surface area (TPSA) is 49.2 Å². The van der Waals surface area contributed by atoms with E-state index in [9.17, 15) is 5.11 Å². The number of β-amino-alcohol motifs (C(OH)–C–C–N with tert-alkyl or cyclic N) is 1. The zero-order chi connectivity index (χ0) is 15.4. The number of aliphatic hydroxyl groups is 1. The fraction of sp³-hybridized carbons (Fsp3) is 0.412. The Hall–Kier alpha value is -1.50. The van der Waals surface area contributed by atoms with Crippen molar-refractivity contribution in [3.63, 3.8) is 0 Å². The van der Waals surface area contributed by atoms with Crippen LogP contribution in [0.5, 0.6) is 0 Å². The van der Waals surface area contributed by atoms with Crippen LogP contribution in [0.3, 0.4) is 0 Å². The van der Waals surface area contributed by atoms with Gasteiger partial charge in [0.05, 0.1) is 11.5 Å². The highest BCUT2D eigenvalue weighted by molar-refractivity contribution is 7.19. The van der Waals surface area contributed by atoms with E-state index in [2.05, 4.69) is 21.7 Å². The molecule has 0 saturated carbocycles. The average Bonchev–Trinajstić information content (AvgIpc) is 3.18. The van der Waals surface area contributed by atoms with E-state index in [0.29, 0.717) is 13.1 Å². The number of aromatic nitrogens is 2. The molecule has 1 fully saturated rings. The number of fused-ring (bicyclic) bond motifs is 3. The van der Waals surface area contributed by atoms with Gasteiger partial charge >= 0.3 is 0 Å². The Bertz CT molecular complexity index is 866. The summed E-state index contributed by atoms with van der Waals surface area (Å²) < 4.78 is 0. The van der Waals surface area contributed by atoms with E-state index >= 15 is 0 Å². The van der Waals surface area contributed by atoms with Crippen molar-refractivity contribution in [2.45, 2.75) is 31.8 Å². The van der Waals surface area contributed by atoms with Crippen molar-refractivity contribution in [3.05, 3.63) is 27.3 Å². The first kappa shape index (κ1) is 13.9. The number of rotatable bonds is 2. The van der Waals surface area contributed by atoms with Crippen LogP contribution in [0.4, 0.5) is 5.82 Å². The van der Waals surface area contributed by atoms with E-state index in [1.807, 2.05) is 11.3 Å². The molecule has 0 unspecified atom stereocenters. The third kappa shape index (κ3) is 2.20. The minimum atomic E-state index is -0.223. The van der Waals surface area contributed by atoms with Gasteiger partial charge in [-0.2, -0.15) is 11.3 Å². The Morgan fingerprint density at radius 3 is 2.83 bits per heavy atom. The molecular formula is C17H17N3OS2. The summed E-state index contributed by atoms with van der Waals surface area (Å²) in [5.74, 6) is 1.84. The normalized spacial score (nSPS) is 18.2. The second-order valence-corrected chi connectivity index (χ2v) is 8.20. The van der Waals surface area contributed by atoms with Gasteiger partial charge in [-0.15, -0.1) is 11.3 Å². The van der Waals surface area contributed by atoms with Gasteiger partial charge in [-0.25, -0.2) is 9.97 Å². The summed E-state index contributed by atoms with van der Waals surface area (Å²) in [4.78, 5) is 14.6. The van der Waals surface area contributed by atoms with Crippen molar-refractivity contribution in [2.24, 2.45) is 0 Å². The maximum atomic E-state index is 9.71. The van der Waals surface area contributed by atoms with Crippen molar-refractivity contribution in [1.29, 1.82) is 0 Å². The monoisotopic (exact) mass is 343 g/mol. The summed E-state index contributed by atoms with van der Waals surface area (Å²) in [5.41, 5.74) is 2.55. The van der Waals surface area contributed by atoms with E-state index < -0.39 is 0 Å². The highest BCUT2D eigenvalue weighted by atomic mass is 32.1. The minimum Gasteiger partial charge on any atom is -0.389 e. The standard InChI is InChI=1S/C17H17N3OS2/c21-11-7-20(8-11)16-14-12-3-1-2-4-13(12)23-17(14)19-15(18-16)10-5-6-22-9-10/h5-6,9,11,21H,1-4,7-8H2. The molecule has 0 bridgehead atoms. The highest BCUT2D eigenvalue weighted by Gasteiger charge is 2.30. The largest absolute Gasteiger partial charge is 0.389 e. The molecule has 6 heteroatoms. The third-order valence-corrected chi connectivity index (χ3v) is 6.61. The lowest BCUT2D eigenvalue weighted by molar-refractivity contribution is 0.141. The zero-order valence-corrected chi connectivity index (χ0v) is 14.3. The molecule has 0 atom stereocenters. The van der Waals surface area contributed by atoms with Gasteiger partial charge in [-0.1, -0.05) is 0 Å². The molecule has 0 spiro atoms. The molecule has 1 N–H and O–H groups in total. The molecule has 0 radical (unpaired) electrons. The van der Waals surface area contributed by atoms with Crippen LogP contribution in [0.25, 0.3) is 21.6 Å². The maximum absolute atomic E-state index is 9.71. The van der Waals surface area contributed by atoms with Crippen molar-refractivity contribution < 1.29 is 5.11 Å². The second-order valence-electron chi connectivity index (χ2n) is 6.33. The summed E-state index contributed by atoms with van der Waals surface area (Å²) in [7, 11) is 0. The molecule has 1 aliphatic heterocycles. The molecule has 23 heavy (non-hydrogen) atoms. The number of thiophene rings is 2. The van der Waals surface area contributed by atoms with Gasteiger partial charge in [-0.05, 0) is 42.7 Å². The molecule has 1 saturated heterocycles. The van der Waals surface area contributed by atoms with Gasteiger partial charge in [-0.3, -0.25) is 0 Å². The molecule has 4 heterocycles. The summed E-state index contributed by atoms with van der Waals surface area (Å²) in [5, 5.41) is 15.1. The van der Waals surface area contributed by atoms with Gasteiger partial charge in [0.2, 0.25) is 0 Å². The number of anilines is 1. The van der Waals surface area contributed by atoms with Gasteiger partial charge < -0.3 is 10.0 Å². The first-order chi connectivity index (χ1) is 11.3. The van der Waals surface area contributed by atoms with E-state index in [-0.39, 0.29) is 6.10 Å². The summed E-state index contributed by atoms with van der Waals surface area (Å²) >= 11 is 3.51. The quantitative estimate of drug-likeness (QED) is 0.774. The van der Waals surface area contributed by atoms with Crippen LogP contribution < -0.4 is 4.90 Å². The zero-order valence-electron chi connectivity index (χ0n) is 12.7. The number of aryl methyl sites for hydroxylation is 2. The molecule has 118 valence electrons. The average molecular weight is 343 g/mol. The Morgan fingerprint density at radius 1 is 1.17 bits per heavy atom. The van der Waals surface area contributed by atoms with Crippen LogP contribution in [0.1, 0.15) is 23.3 Å². The van der Waals surface area contributed by atoms with Crippen molar-refractivity contribution in [3.8, 4) is 11.4 Å². The molecule has 1 aliphatic carbocycles. The lowest BCUT2D eigenvalue weighted by Crippen LogP contribution is -2.51. The Balaban J connectivity index is 1.74. The van der Waals surface area contributed by atoms with Crippen LogP contribution in [-0.4, -0.2) is 34.3 Å². The summed E-state index contributed by atoms with van der Waals surface area (Å²) in [6.45, 7) is 1.36. The maximum Gasteiger partial charge on any atom is 0.163 e. The van der Waals surface area contributed by atoms with Gasteiger partial charge in [0.25, 0.3) is 0 Å². The first-order valence-electron chi connectivity index (χ1n) is 8.07. The number of aliphatic hydroxyl groups excluding tert-OH is 1. The van der Waals surface area contributed by atoms with Crippen LogP contribution in [-0.2, 0) is 12.8 Å². The summed E-state index contributed by atoms with van der Waals surface area (Å²) in [6.07, 6.45) is 4.63. The SMILES string of the molecule is OC1CN(c2nc(-c3ccsc3)nc3sc4c(c23)CCCC4)C1. The predicted octanol–water partition coefficient (Wildman–Crippen LogP) is 3.48. The Labute approximate surface area is 142 Å². The third-order valence-electron chi connectivity index (χ3n) is 4.74. The molecule has 3 aromatic rings. The second kappa shape index (κ2) is 5.26. The number of hydrogen-bond donors (Lipinski definition) is 1. The molecule has 5 rings (SSSR count). The Kier molecular flexibility index (Phi) is 3.18. The van der Waals surface area contributed by atoms with E-state index in [1.165, 1.54) is 35.1 Å². The fourth-order valence-electron chi connectivity index (χ4n) is 3.52. The highest BCUT2D eigenvalue weighted by Crippen LogP contribution is 2.41. The predicted molar refractivity (Wildman–Crippen MR) is 95.6 cm³/mol. The molecule has 2 aliphatic rings. The number of hydrogen-bond acceptors (Lipinski definition) is 6. The van der Waals surface area contributed by atoms with Crippen molar-refractivity contribution >= 4 is 38.7 Å². The smallest absolute Gasteiger partial charge is 0.163 e.